The zero-order valence-electron chi connectivity index (χ0n) is 19.9. The largest absolute Gasteiger partial charge is 0.338 e. The molecule has 0 radical (unpaired) electrons. The van der Waals surface area contributed by atoms with Crippen LogP contribution in [-0.4, -0.2) is 51.9 Å². The SMILES string of the molecule is O=C(C1CCN(S(=O)(=O)c2cccc3nsnc23)CC1)N(CCc1ccccc1)Cc1ccccc1. The number of carbonyl (C=O) groups excluding carboxylic acids is 1. The molecule has 3 aromatic carbocycles. The normalized spacial score (nSPS) is 15.2. The van der Waals surface area contributed by atoms with Crippen molar-refractivity contribution in [1.82, 2.24) is 18.0 Å². The minimum Gasteiger partial charge on any atom is -0.338 e. The highest BCUT2D eigenvalue weighted by molar-refractivity contribution is 7.89. The van der Waals surface area contributed by atoms with E-state index in [9.17, 15) is 13.2 Å². The Hall–Kier alpha value is -3.14. The summed E-state index contributed by atoms with van der Waals surface area (Å²) >= 11 is 1.01. The van der Waals surface area contributed by atoms with E-state index in [1.165, 1.54) is 9.87 Å². The van der Waals surface area contributed by atoms with Gasteiger partial charge in [-0.3, -0.25) is 4.79 Å². The van der Waals surface area contributed by atoms with Gasteiger partial charge in [-0.25, -0.2) is 8.42 Å². The van der Waals surface area contributed by atoms with Gasteiger partial charge in [-0.15, -0.1) is 0 Å². The van der Waals surface area contributed by atoms with E-state index in [-0.39, 0.29) is 16.7 Å². The second kappa shape index (κ2) is 10.9. The number of amides is 1. The molecule has 1 aliphatic rings. The van der Waals surface area contributed by atoms with Crippen molar-refractivity contribution in [3.63, 3.8) is 0 Å². The summed E-state index contributed by atoms with van der Waals surface area (Å²) in [6, 6.07) is 25.2. The van der Waals surface area contributed by atoms with Gasteiger partial charge in [0.1, 0.15) is 15.9 Å². The van der Waals surface area contributed by atoms with Gasteiger partial charge in [0.15, 0.2) is 0 Å². The Morgan fingerprint density at radius 3 is 2.25 bits per heavy atom. The molecule has 2 heterocycles. The third kappa shape index (κ3) is 5.33. The molecule has 1 aliphatic heterocycles. The summed E-state index contributed by atoms with van der Waals surface area (Å²) in [4.78, 5) is 15.7. The highest BCUT2D eigenvalue weighted by Crippen LogP contribution is 2.29. The Kier molecular flexibility index (Phi) is 7.41. The lowest BCUT2D eigenvalue weighted by Crippen LogP contribution is -2.44. The molecular formula is C27H28N4O3S2. The summed E-state index contributed by atoms with van der Waals surface area (Å²) in [5.41, 5.74) is 3.27. The molecule has 0 saturated carbocycles. The summed E-state index contributed by atoms with van der Waals surface area (Å²) in [6.45, 7) is 1.79. The number of rotatable bonds is 8. The van der Waals surface area contributed by atoms with Crippen LogP contribution >= 0.6 is 11.7 Å². The molecular weight excluding hydrogens is 492 g/mol. The topological polar surface area (TPSA) is 83.5 Å². The van der Waals surface area contributed by atoms with E-state index in [0.29, 0.717) is 50.1 Å². The smallest absolute Gasteiger partial charge is 0.245 e. The van der Waals surface area contributed by atoms with Crippen molar-refractivity contribution in [3.05, 3.63) is 90.0 Å². The molecule has 5 rings (SSSR count). The second-order valence-electron chi connectivity index (χ2n) is 9.05. The first kappa shape index (κ1) is 24.5. The molecule has 7 nitrogen and oxygen atoms in total. The first-order valence-corrected chi connectivity index (χ1v) is 14.3. The van der Waals surface area contributed by atoms with Gasteiger partial charge in [0.05, 0.1) is 11.7 Å². The third-order valence-corrected chi connectivity index (χ3v) is 9.18. The number of hydrogen-bond donors (Lipinski definition) is 0. The van der Waals surface area contributed by atoms with Crippen molar-refractivity contribution in [2.45, 2.75) is 30.7 Å². The zero-order chi connectivity index (χ0) is 25.0. The van der Waals surface area contributed by atoms with E-state index < -0.39 is 10.0 Å². The summed E-state index contributed by atoms with van der Waals surface area (Å²) in [6.07, 6.45) is 1.78. The number of hydrogen-bond acceptors (Lipinski definition) is 6. The molecule has 1 saturated heterocycles. The quantitative estimate of drug-likeness (QED) is 0.345. The average molecular weight is 521 g/mol. The van der Waals surface area contributed by atoms with E-state index in [1.54, 1.807) is 18.2 Å². The number of piperidine rings is 1. The van der Waals surface area contributed by atoms with Crippen molar-refractivity contribution in [1.29, 1.82) is 0 Å². The van der Waals surface area contributed by atoms with Gasteiger partial charge >= 0.3 is 0 Å². The van der Waals surface area contributed by atoms with Crippen molar-refractivity contribution in [2.24, 2.45) is 5.92 Å². The number of nitrogens with zero attached hydrogens (tertiary/aromatic N) is 4. The molecule has 0 atom stereocenters. The van der Waals surface area contributed by atoms with Crippen LogP contribution in [0.2, 0.25) is 0 Å². The molecule has 186 valence electrons. The average Bonchev–Trinajstić information content (AvgIpc) is 3.41. The lowest BCUT2D eigenvalue weighted by molar-refractivity contribution is -0.137. The van der Waals surface area contributed by atoms with Gasteiger partial charge in [0, 0.05) is 32.1 Å². The van der Waals surface area contributed by atoms with Crippen LogP contribution in [0.25, 0.3) is 11.0 Å². The Morgan fingerprint density at radius 2 is 1.56 bits per heavy atom. The Labute approximate surface area is 215 Å². The minimum absolute atomic E-state index is 0.0950. The van der Waals surface area contributed by atoms with Gasteiger partial charge in [0.2, 0.25) is 15.9 Å². The number of aromatic nitrogens is 2. The molecule has 36 heavy (non-hydrogen) atoms. The van der Waals surface area contributed by atoms with E-state index in [1.807, 2.05) is 53.4 Å². The maximum Gasteiger partial charge on any atom is 0.245 e. The lowest BCUT2D eigenvalue weighted by atomic mass is 9.96. The van der Waals surface area contributed by atoms with Gasteiger partial charge in [-0.05, 0) is 42.5 Å². The van der Waals surface area contributed by atoms with Crippen LogP contribution in [0.4, 0.5) is 0 Å². The van der Waals surface area contributed by atoms with Gasteiger partial charge in [-0.2, -0.15) is 13.1 Å². The van der Waals surface area contributed by atoms with Crippen molar-refractivity contribution in [3.8, 4) is 0 Å². The monoisotopic (exact) mass is 520 g/mol. The van der Waals surface area contributed by atoms with Crippen LogP contribution in [0.15, 0.2) is 83.8 Å². The van der Waals surface area contributed by atoms with Gasteiger partial charge in [0.25, 0.3) is 0 Å². The molecule has 0 aliphatic carbocycles. The summed E-state index contributed by atoms with van der Waals surface area (Å²) < 4.78 is 36.6. The predicted octanol–water partition coefficient (Wildman–Crippen LogP) is 4.36. The Bertz CT molecular complexity index is 1420. The van der Waals surface area contributed by atoms with E-state index >= 15 is 0 Å². The lowest BCUT2D eigenvalue weighted by Gasteiger charge is -2.34. The van der Waals surface area contributed by atoms with Crippen molar-refractivity contribution < 1.29 is 13.2 Å². The fourth-order valence-electron chi connectivity index (χ4n) is 4.71. The standard InChI is InChI=1S/C27H28N4O3S2/c32-27(30(20-22-10-5-2-6-11-22)17-14-21-8-3-1-4-9-21)23-15-18-31(19-16-23)36(33,34)25-13-7-12-24-26(25)29-35-28-24/h1-13,23H,14-20H2. The number of fused-ring (bicyclic) bond motifs is 1. The highest BCUT2D eigenvalue weighted by atomic mass is 32.2. The van der Waals surface area contributed by atoms with Crippen LogP contribution in [0.1, 0.15) is 24.0 Å². The van der Waals surface area contributed by atoms with Gasteiger partial charge < -0.3 is 4.90 Å². The van der Waals surface area contributed by atoms with E-state index in [4.69, 9.17) is 0 Å². The summed E-state index contributed by atoms with van der Waals surface area (Å²) in [7, 11) is -3.71. The molecule has 0 bridgehead atoms. The molecule has 4 aromatic rings. The summed E-state index contributed by atoms with van der Waals surface area (Å²) in [5.74, 6) is -0.106. The zero-order valence-corrected chi connectivity index (χ0v) is 21.5. The van der Waals surface area contributed by atoms with Crippen LogP contribution in [-0.2, 0) is 27.8 Å². The van der Waals surface area contributed by atoms with Crippen LogP contribution < -0.4 is 0 Å². The van der Waals surface area contributed by atoms with Gasteiger partial charge in [-0.1, -0.05) is 66.7 Å². The van der Waals surface area contributed by atoms with Crippen molar-refractivity contribution in [2.75, 3.05) is 19.6 Å². The highest BCUT2D eigenvalue weighted by Gasteiger charge is 2.35. The molecule has 1 amide bonds. The summed E-state index contributed by atoms with van der Waals surface area (Å²) in [5, 5.41) is 0. The maximum atomic E-state index is 13.6. The first-order valence-electron chi connectivity index (χ1n) is 12.1. The molecule has 1 fully saturated rings. The maximum absolute atomic E-state index is 13.6. The Balaban J connectivity index is 1.28. The van der Waals surface area contributed by atoms with E-state index in [2.05, 4.69) is 20.9 Å². The van der Waals surface area contributed by atoms with Crippen LogP contribution in [0.3, 0.4) is 0 Å². The number of benzene rings is 3. The molecule has 0 unspecified atom stereocenters. The minimum atomic E-state index is -3.71. The fraction of sp³-hybridized carbons (Fsp3) is 0.296. The molecule has 0 N–H and O–H groups in total. The molecule has 0 spiro atoms. The Morgan fingerprint density at radius 1 is 0.889 bits per heavy atom. The molecule has 9 heteroatoms. The predicted molar refractivity (Wildman–Crippen MR) is 141 cm³/mol. The second-order valence-corrected chi connectivity index (χ2v) is 11.5. The fourth-order valence-corrected chi connectivity index (χ4v) is 6.93. The van der Waals surface area contributed by atoms with Crippen LogP contribution in [0, 0.1) is 5.92 Å². The van der Waals surface area contributed by atoms with E-state index in [0.717, 1.165) is 23.7 Å². The number of sulfonamides is 1. The number of carbonyl (C=O) groups is 1. The molecule has 1 aromatic heterocycles. The first-order chi connectivity index (χ1) is 17.5. The third-order valence-electron chi connectivity index (χ3n) is 6.71. The van der Waals surface area contributed by atoms with Crippen LogP contribution in [0.5, 0.6) is 0 Å². The van der Waals surface area contributed by atoms with Crippen molar-refractivity contribution >= 4 is 38.7 Å².